The van der Waals surface area contributed by atoms with Crippen LogP contribution in [0.2, 0.25) is 0 Å². The maximum absolute atomic E-state index is 14.8. The maximum Gasteiger partial charge on any atom is 0.134 e. The summed E-state index contributed by atoms with van der Waals surface area (Å²) < 4.78 is 35.2. The lowest BCUT2D eigenvalue weighted by Gasteiger charge is -2.10. The van der Waals surface area contributed by atoms with E-state index in [1.54, 1.807) is 12.1 Å². The molecule has 0 saturated heterocycles. The van der Waals surface area contributed by atoms with E-state index in [4.69, 9.17) is 4.74 Å². The van der Waals surface area contributed by atoms with Crippen LogP contribution in [-0.2, 0) is 6.42 Å². The molecule has 0 radical (unpaired) electrons. The fraction of sp³-hybridized carbons (Fsp3) is 0.419. The maximum atomic E-state index is 14.8. The summed E-state index contributed by atoms with van der Waals surface area (Å²) in [7, 11) is 0. The van der Waals surface area contributed by atoms with Crippen LogP contribution in [-0.4, -0.2) is 6.61 Å². The van der Waals surface area contributed by atoms with Gasteiger partial charge in [0.2, 0.25) is 0 Å². The Morgan fingerprint density at radius 1 is 0.588 bits per heavy atom. The van der Waals surface area contributed by atoms with Crippen LogP contribution in [0.3, 0.4) is 0 Å². The highest BCUT2D eigenvalue weighted by molar-refractivity contribution is 5.71. The van der Waals surface area contributed by atoms with Crippen LogP contribution < -0.4 is 4.74 Å². The zero-order chi connectivity index (χ0) is 24.2. The molecule has 3 heteroatoms. The number of benzene rings is 3. The Labute approximate surface area is 204 Å². The Morgan fingerprint density at radius 3 is 1.76 bits per heavy atom. The van der Waals surface area contributed by atoms with Gasteiger partial charge in [-0.15, -0.1) is 0 Å². The first-order chi connectivity index (χ1) is 16.6. The number of hydrogen-bond donors (Lipinski definition) is 0. The lowest BCUT2D eigenvalue weighted by molar-refractivity contribution is 0.303. The van der Waals surface area contributed by atoms with Gasteiger partial charge in [0, 0.05) is 17.2 Å². The molecule has 0 bridgehead atoms. The molecule has 1 nitrogen and oxygen atoms in total. The predicted octanol–water partition coefficient (Wildman–Crippen LogP) is 9.77. The van der Waals surface area contributed by atoms with E-state index >= 15 is 0 Å². The molecular weight excluding hydrogens is 426 g/mol. The molecule has 0 aromatic heterocycles. The lowest BCUT2D eigenvalue weighted by atomic mass is 9.98. The van der Waals surface area contributed by atoms with Crippen molar-refractivity contribution in [2.45, 2.75) is 78.1 Å². The van der Waals surface area contributed by atoms with E-state index in [0.29, 0.717) is 23.5 Å². The highest BCUT2D eigenvalue weighted by atomic mass is 19.1. The van der Waals surface area contributed by atoms with Gasteiger partial charge in [0.25, 0.3) is 0 Å². The highest BCUT2D eigenvalue weighted by Crippen LogP contribution is 2.30. The van der Waals surface area contributed by atoms with Crippen LogP contribution in [0.1, 0.15) is 77.2 Å². The predicted molar refractivity (Wildman–Crippen MR) is 139 cm³/mol. The van der Waals surface area contributed by atoms with Gasteiger partial charge in [-0.1, -0.05) is 95.2 Å². The molecule has 0 aliphatic rings. The Bertz CT molecular complexity index is 1010. The van der Waals surface area contributed by atoms with Crippen molar-refractivity contribution >= 4 is 0 Å². The van der Waals surface area contributed by atoms with Crippen molar-refractivity contribution in [2.24, 2.45) is 0 Å². The number of unbranched alkanes of at least 4 members (excludes halogenated alkanes) is 7. The van der Waals surface area contributed by atoms with E-state index in [1.807, 2.05) is 42.5 Å². The third kappa shape index (κ3) is 7.68. The average molecular weight is 465 g/mol. The van der Waals surface area contributed by atoms with E-state index in [-0.39, 0.29) is 11.6 Å². The van der Waals surface area contributed by atoms with Gasteiger partial charge in [0.1, 0.15) is 17.4 Å². The van der Waals surface area contributed by atoms with Crippen molar-refractivity contribution in [3.8, 4) is 28.0 Å². The minimum absolute atomic E-state index is 0.209. The molecule has 0 aliphatic carbocycles. The molecule has 34 heavy (non-hydrogen) atoms. The summed E-state index contributed by atoms with van der Waals surface area (Å²) in [5.41, 5.74) is 3.68. The summed E-state index contributed by atoms with van der Waals surface area (Å²) in [6.45, 7) is 4.99. The van der Waals surface area contributed by atoms with Crippen molar-refractivity contribution < 1.29 is 13.5 Å². The van der Waals surface area contributed by atoms with Crippen molar-refractivity contribution in [1.82, 2.24) is 0 Å². The van der Waals surface area contributed by atoms with Crippen molar-refractivity contribution in [1.29, 1.82) is 0 Å². The normalized spacial score (nSPS) is 11.1. The van der Waals surface area contributed by atoms with E-state index in [0.717, 1.165) is 55.2 Å². The van der Waals surface area contributed by atoms with Crippen LogP contribution >= 0.6 is 0 Å². The minimum Gasteiger partial charge on any atom is -0.493 e. The quantitative estimate of drug-likeness (QED) is 0.216. The van der Waals surface area contributed by atoms with E-state index in [2.05, 4.69) is 13.8 Å². The number of halogens is 2. The smallest absolute Gasteiger partial charge is 0.134 e. The second-order valence-corrected chi connectivity index (χ2v) is 9.11. The molecule has 0 heterocycles. The van der Waals surface area contributed by atoms with Crippen LogP contribution in [0.25, 0.3) is 22.3 Å². The summed E-state index contributed by atoms with van der Waals surface area (Å²) in [6, 6.07) is 17.9. The largest absolute Gasteiger partial charge is 0.493 e. The molecule has 0 N–H and O–H groups in total. The highest BCUT2D eigenvalue weighted by Gasteiger charge is 2.10. The number of hydrogen-bond acceptors (Lipinski definition) is 1. The third-order valence-corrected chi connectivity index (χ3v) is 6.32. The molecule has 0 amide bonds. The summed E-state index contributed by atoms with van der Waals surface area (Å²) in [6.07, 6.45) is 11.5. The first-order valence-corrected chi connectivity index (χ1v) is 12.9. The average Bonchev–Trinajstić information content (AvgIpc) is 2.84. The van der Waals surface area contributed by atoms with Gasteiger partial charge in [-0.05, 0) is 54.2 Å². The van der Waals surface area contributed by atoms with Gasteiger partial charge < -0.3 is 4.74 Å². The van der Waals surface area contributed by atoms with E-state index in [9.17, 15) is 8.78 Å². The first kappa shape index (κ1) is 25.9. The summed E-state index contributed by atoms with van der Waals surface area (Å²) in [5.74, 6) is 0.0446. The number of ether oxygens (including phenoxy) is 1. The Balaban J connectivity index is 1.59. The van der Waals surface area contributed by atoms with Crippen LogP contribution in [0, 0.1) is 11.6 Å². The van der Waals surface area contributed by atoms with Crippen LogP contribution in [0.15, 0.2) is 60.7 Å². The second-order valence-electron chi connectivity index (χ2n) is 9.11. The summed E-state index contributed by atoms with van der Waals surface area (Å²) in [5, 5.41) is 0. The second kappa shape index (κ2) is 13.9. The molecule has 3 aromatic rings. The SMILES string of the molecule is CCCCCCCCOc1ccc(-c2ccc(-c3ccc(CCCCC)cc3F)cc2)c(F)c1. The van der Waals surface area contributed by atoms with Gasteiger partial charge >= 0.3 is 0 Å². The van der Waals surface area contributed by atoms with Crippen LogP contribution in [0.4, 0.5) is 8.78 Å². The fourth-order valence-corrected chi connectivity index (χ4v) is 4.25. The van der Waals surface area contributed by atoms with Crippen molar-refractivity contribution in [2.75, 3.05) is 6.61 Å². The monoisotopic (exact) mass is 464 g/mol. The molecule has 0 atom stereocenters. The molecule has 0 unspecified atom stereocenters. The summed E-state index contributed by atoms with van der Waals surface area (Å²) >= 11 is 0. The first-order valence-electron chi connectivity index (χ1n) is 12.9. The molecule has 3 rings (SSSR count). The Hall–Kier alpha value is -2.68. The lowest BCUT2D eigenvalue weighted by Crippen LogP contribution is -1.98. The molecule has 0 fully saturated rings. The molecule has 0 spiro atoms. The Morgan fingerprint density at radius 2 is 1.15 bits per heavy atom. The fourth-order valence-electron chi connectivity index (χ4n) is 4.25. The van der Waals surface area contributed by atoms with Gasteiger partial charge in [0.15, 0.2) is 0 Å². The number of rotatable bonds is 14. The molecule has 182 valence electrons. The van der Waals surface area contributed by atoms with Crippen LogP contribution in [0.5, 0.6) is 5.75 Å². The van der Waals surface area contributed by atoms with Gasteiger partial charge in [-0.3, -0.25) is 0 Å². The topological polar surface area (TPSA) is 9.23 Å². The van der Waals surface area contributed by atoms with E-state index in [1.165, 1.54) is 31.7 Å². The molecular formula is C31H38F2O. The summed E-state index contributed by atoms with van der Waals surface area (Å²) in [4.78, 5) is 0. The van der Waals surface area contributed by atoms with E-state index < -0.39 is 0 Å². The van der Waals surface area contributed by atoms with Gasteiger partial charge in [0.05, 0.1) is 6.61 Å². The van der Waals surface area contributed by atoms with Crippen molar-refractivity contribution in [3.05, 3.63) is 77.9 Å². The van der Waals surface area contributed by atoms with Gasteiger partial charge in [-0.2, -0.15) is 0 Å². The Kier molecular flexibility index (Phi) is 10.6. The minimum atomic E-state index is -0.309. The zero-order valence-electron chi connectivity index (χ0n) is 20.7. The molecule has 3 aromatic carbocycles. The standard InChI is InChI=1S/C31H38F2O/c1-3-5-7-8-9-11-21-34-27-18-20-29(31(33)23-27)26-16-14-25(15-17-26)28-19-13-24(22-30(28)32)12-10-6-4-2/h13-20,22-23H,3-12,21H2,1-2H3. The van der Waals surface area contributed by atoms with Crippen molar-refractivity contribution in [3.63, 3.8) is 0 Å². The zero-order valence-corrected chi connectivity index (χ0v) is 20.7. The molecule has 0 saturated carbocycles. The third-order valence-electron chi connectivity index (χ3n) is 6.32. The number of aryl methyl sites for hydroxylation is 1. The van der Waals surface area contributed by atoms with Gasteiger partial charge in [-0.25, -0.2) is 8.78 Å². The molecule has 0 aliphatic heterocycles.